The van der Waals surface area contributed by atoms with Crippen LogP contribution in [0.2, 0.25) is 0 Å². The van der Waals surface area contributed by atoms with Crippen molar-refractivity contribution in [1.82, 2.24) is 5.32 Å². The summed E-state index contributed by atoms with van der Waals surface area (Å²) in [6.45, 7) is 0.483. The summed E-state index contributed by atoms with van der Waals surface area (Å²) in [4.78, 5) is 12.3. The lowest BCUT2D eigenvalue weighted by Gasteiger charge is -2.25. The highest BCUT2D eigenvalue weighted by molar-refractivity contribution is 5.85. The van der Waals surface area contributed by atoms with Crippen molar-refractivity contribution in [2.75, 3.05) is 6.54 Å². The minimum atomic E-state index is -0.154. The number of rotatable bonds is 5. The van der Waals surface area contributed by atoms with Crippen molar-refractivity contribution in [2.24, 2.45) is 5.73 Å². The fourth-order valence-electron chi connectivity index (χ4n) is 3.40. The summed E-state index contributed by atoms with van der Waals surface area (Å²) < 4.78 is 0. The number of nitrogens with two attached hydrogens (primary N) is 1. The predicted octanol–water partition coefficient (Wildman–Crippen LogP) is 3.73. The zero-order chi connectivity index (χ0) is 16.1. The maximum atomic E-state index is 12.3. The quantitative estimate of drug-likeness (QED) is 0.868. The van der Waals surface area contributed by atoms with Gasteiger partial charge in [0.25, 0.3) is 0 Å². The maximum Gasteiger partial charge on any atom is 0.220 e. The molecule has 1 amide bonds. The molecule has 3 rings (SSSR count). The lowest BCUT2D eigenvalue weighted by atomic mass is 9.81. The van der Waals surface area contributed by atoms with Gasteiger partial charge in [0.15, 0.2) is 0 Å². The Morgan fingerprint density at radius 1 is 1.12 bits per heavy atom. The van der Waals surface area contributed by atoms with E-state index in [9.17, 15) is 4.79 Å². The highest BCUT2D eigenvalue weighted by atomic mass is 35.5. The summed E-state index contributed by atoms with van der Waals surface area (Å²) in [5.74, 6) is 0.436. The smallest absolute Gasteiger partial charge is 0.220 e. The minimum absolute atomic E-state index is 0. The molecule has 2 aromatic rings. The van der Waals surface area contributed by atoms with Gasteiger partial charge in [-0.05, 0) is 41.9 Å². The molecule has 0 radical (unpaired) electrons. The predicted molar refractivity (Wildman–Crippen MR) is 100 cm³/mol. The first kappa shape index (κ1) is 18.5. The van der Waals surface area contributed by atoms with Crippen molar-refractivity contribution in [3.05, 3.63) is 71.3 Å². The molecule has 1 aliphatic carbocycles. The number of benzene rings is 2. The number of amides is 1. The van der Waals surface area contributed by atoms with Crippen LogP contribution in [0.3, 0.4) is 0 Å². The van der Waals surface area contributed by atoms with Crippen LogP contribution in [0, 0.1) is 0 Å². The van der Waals surface area contributed by atoms with E-state index in [1.807, 2.05) is 30.3 Å². The Balaban J connectivity index is 0.00000208. The molecular weight excluding hydrogens is 320 g/mol. The second kappa shape index (κ2) is 8.86. The molecule has 0 heterocycles. The van der Waals surface area contributed by atoms with E-state index in [2.05, 4.69) is 29.6 Å². The fraction of sp³-hybridized carbons (Fsp3) is 0.350. The van der Waals surface area contributed by atoms with Crippen LogP contribution in [0.15, 0.2) is 54.6 Å². The largest absolute Gasteiger partial charge is 0.354 e. The lowest BCUT2D eigenvalue weighted by Crippen LogP contribution is -2.33. The van der Waals surface area contributed by atoms with Crippen LogP contribution in [-0.2, 0) is 11.2 Å². The first-order valence-electron chi connectivity index (χ1n) is 8.39. The molecule has 0 spiro atoms. The first-order chi connectivity index (χ1) is 11.2. The summed E-state index contributed by atoms with van der Waals surface area (Å²) in [5, 5.41) is 3.00. The van der Waals surface area contributed by atoms with Crippen LogP contribution in [0.4, 0.5) is 0 Å². The molecule has 24 heavy (non-hydrogen) atoms. The van der Waals surface area contributed by atoms with Gasteiger partial charge in [-0.2, -0.15) is 0 Å². The van der Waals surface area contributed by atoms with Crippen LogP contribution in [0.1, 0.15) is 47.9 Å². The van der Waals surface area contributed by atoms with Gasteiger partial charge in [-0.15, -0.1) is 12.4 Å². The van der Waals surface area contributed by atoms with E-state index < -0.39 is 0 Å². The van der Waals surface area contributed by atoms with Gasteiger partial charge in [0, 0.05) is 19.0 Å². The highest BCUT2D eigenvalue weighted by Gasteiger charge is 2.22. The van der Waals surface area contributed by atoms with E-state index in [-0.39, 0.29) is 24.4 Å². The Hall–Kier alpha value is -1.84. The first-order valence-corrected chi connectivity index (χ1v) is 8.39. The summed E-state index contributed by atoms with van der Waals surface area (Å²) >= 11 is 0. The lowest BCUT2D eigenvalue weighted by molar-refractivity contribution is -0.121. The van der Waals surface area contributed by atoms with E-state index in [1.54, 1.807) is 0 Å². The van der Waals surface area contributed by atoms with Crippen molar-refractivity contribution < 1.29 is 4.79 Å². The van der Waals surface area contributed by atoms with Gasteiger partial charge in [0.05, 0.1) is 0 Å². The number of hydrogen-bond acceptors (Lipinski definition) is 2. The molecule has 0 saturated carbocycles. The Labute approximate surface area is 150 Å². The third-order valence-corrected chi connectivity index (χ3v) is 4.67. The second-order valence-corrected chi connectivity index (χ2v) is 6.31. The van der Waals surface area contributed by atoms with E-state index in [0.717, 1.165) is 18.4 Å². The number of halogens is 1. The summed E-state index contributed by atoms with van der Waals surface area (Å²) in [6, 6.07) is 18.2. The summed E-state index contributed by atoms with van der Waals surface area (Å²) in [7, 11) is 0. The molecule has 3 N–H and O–H groups in total. The summed E-state index contributed by atoms with van der Waals surface area (Å²) in [6.07, 6.45) is 3.94. The zero-order valence-corrected chi connectivity index (χ0v) is 14.6. The van der Waals surface area contributed by atoms with E-state index in [4.69, 9.17) is 5.73 Å². The van der Waals surface area contributed by atoms with Crippen LogP contribution in [-0.4, -0.2) is 12.5 Å². The van der Waals surface area contributed by atoms with Crippen molar-refractivity contribution in [3.8, 4) is 0 Å². The van der Waals surface area contributed by atoms with Gasteiger partial charge in [0.1, 0.15) is 0 Å². The van der Waals surface area contributed by atoms with Gasteiger partial charge < -0.3 is 11.1 Å². The normalized spacial score (nSPS) is 17.3. The maximum absolute atomic E-state index is 12.3. The Morgan fingerprint density at radius 3 is 2.62 bits per heavy atom. The van der Waals surface area contributed by atoms with Crippen molar-refractivity contribution in [1.29, 1.82) is 0 Å². The molecule has 2 aromatic carbocycles. The number of hydrogen-bond donors (Lipinski definition) is 2. The molecule has 0 aliphatic heterocycles. The molecule has 2 unspecified atom stereocenters. The number of aryl methyl sites for hydroxylation is 1. The van der Waals surface area contributed by atoms with E-state index in [1.165, 1.54) is 17.5 Å². The van der Waals surface area contributed by atoms with Gasteiger partial charge in [-0.3, -0.25) is 4.79 Å². The molecule has 0 saturated heterocycles. The molecule has 0 bridgehead atoms. The van der Waals surface area contributed by atoms with Crippen molar-refractivity contribution in [2.45, 2.75) is 37.6 Å². The van der Waals surface area contributed by atoms with E-state index in [0.29, 0.717) is 18.9 Å². The van der Waals surface area contributed by atoms with Crippen molar-refractivity contribution in [3.63, 3.8) is 0 Å². The van der Waals surface area contributed by atoms with E-state index >= 15 is 0 Å². The SMILES string of the molecule is Cl.NC(CNC(=O)CC1CCCc2ccccc21)c1ccccc1. The molecule has 2 atom stereocenters. The van der Waals surface area contributed by atoms with Crippen LogP contribution < -0.4 is 11.1 Å². The number of carbonyl (C=O) groups excluding carboxylic acids is 1. The molecule has 0 aromatic heterocycles. The molecule has 128 valence electrons. The van der Waals surface area contributed by atoms with Gasteiger partial charge in [-0.1, -0.05) is 54.6 Å². The average Bonchev–Trinajstić information content (AvgIpc) is 2.61. The molecule has 1 aliphatic rings. The third kappa shape index (κ3) is 4.59. The molecular formula is C20H25ClN2O. The molecule has 3 nitrogen and oxygen atoms in total. The fourth-order valence-corrected chi connectivity index (χ4v) is 3.40. The number of carbonyl (C=O) groups is 1. The molecule has 0 fully saturated rings. The van der Waals surface area contributed by atoms with Crippen LogP contribution in [0.5, 0.6) is 0 Å². The minimum Gasteiger partial charge on any atom is -0.354 e. The van der Waals surface area contributed by atoms with Crippen molar-refractivity contribution >= 4 is 18.3 Å². The molecule has 4 heteroatoms. The zero-order valence-electron chi connectivity index (χ0n) is 13.8. The topological polar surface area (TPSA) is 55.1 Å². The van der Waals surface area contributed by atoms with Crippen LogP contribution >= 0.6 is 12.4 Å². The Bertz CT molecular complexity index is 660. The highest BCUT2D eigenvalue weighted by Crippen LogP contribution is 2.33. The number of nitrogens with one attached hydrogen (secondary N) is 1. The van der Waals surface area contributed by atoms with Crippen LogP contribution in [0.25, 0.3) is 0 Å². The summed E-state index contributed by atoms with van der Waals surface area (Å²) in [5.41, 5.74) is 9.94. The monoisotopic (exact) mass is 344 g/mol. The average molecular weight is 345 g/mol. The second-order valence-electron chi connectivity index (χ2n) is 6.31. The number of fused-ring (bicyclic) bond motifs is 1. The Kier molecular flexibility index (Phi) is 6.83. The van der Waals surface area contributed by atoms with Gasteiger partial charge >= 0.3 is 0 Å². The Morgan fingerprint density at radius 2 is 1.83 bits per heavy atom. The van der Waals surface area contributed by atoms with Gasteiger partial charge in [0.2, 0.25) is 5.91 Å². The van der Waals surface area contributed by atoms with Gasteiger partial charge in [-0.25, -0.2) is 0 Å². The third-order valence-electron chi connectivity index (χ3n) is 4.67. The standard InChI is InChI=1S/C20H24N2O.ClH/c21-19(16-8-2-1-3-9-16)14-22-20(23)13-17-11-6-10-15-7-4-5-12-18(15)17;/h1-5,7-9,12,17,19H,6,10-11,13-14,21H2,(H,22,23);1H.